The van der Waals surface area contributed by atoms with Crippen molar-refractivity contribution >= 4 is 53.4 Å². The van der Waals surface area contributed by atoms with Crippen molar-refractivity contribution in [2.45, 2.75) is 37.6 Å². The van der Waals surface area contributed by atoms with Gasteiger partial charge in [-0.15, -0.1) is 0 Å². The number of carbonyl (C=O) groups excluding carboxylic acids is 3. The number of hydrogen-bond acceptors (Lipinski definition) is 8. The number of carbonyl (C=O) groups is 5. The molecule has 0 heterocycles. The lowest BCUT2D eigenvalue weighted by atomic mass is 10.1. The van der Waals surface area contributed by atoms with Crippen LogP contribution >= 0.6 is 24.4 Å². The van der Waals surface area contributed by atoms with E-state index in [0.29, 0.717) is 24.9 Å². The third-order valence-corrected chi connectivity index (χ3v) is 5.17. The number of carboxylic acid groups (broad SMARTS) is 2. The van der Waals surface area contributed by atoms with Gasteiger partial charge in [0.2, 0.25) is 11.8 Å². The fourth-order valence-corrected chi connectivity index (χ4v) is 3.20. The molecule has 0 aliphatic carbocycles. The molecule has 0 bridgehead atoms. The Morgan fingerprint density at radius 3 is 2.18 bits per heavy atom. The third-order valence-electron chi connectivity index (χ3n) is 3.62. The van der Waals surface area contributed by atoms with Crippen LogP contribution in [-0.4, -0.2) is 80.4 Å². The molecule has 0 fully saturated rings. The van der Waals surface area contributed by atoms with Crippen LogP contribution in [0.1, 0.15) is 26.7 Å². The lowest BCUT2D eigenvalue weighted by Gasteiger charge is -2.27. The van der Waals surface area contributed by atoms with E-state index in [2.05, 4.69) is 23.3 Å². The number of nitrogens with zero attached hydrogens (tertiary/aromatic N) is 1. The highest BCUT2D eigenvalue weighted by Crippen LogP contribution is 2.28. The van der Waals surface area contributed by atoms with Gasteiger partial charge in [0.05, 0.1) is 0 Å². The minimum Gasteiger partial charge on any atom is -0.480 e. The first-order valence-electron chi connectivity index (χ1n) is 8.40. The average Bonchev–Trinajstić information content (AvgIpc) is 2.63. The summed E-state index contributed by atoms with van der Waals surface area (Å²) in [5.74, 6) is -4.22. The lowest BCUT2D eigenvalue weighted by Crippen LogP contribution is -2.51. The number of thiol groups is 1. The van der Waals surface area contributed by atoms with Crippen molar-refractivity contribution in [3.8, 4) is 0 Å². The topological polar surface area (TPSA) is 179 Å². The molecule has 0 spiro atoms. The van der Waals surface area contributed by atoms with Crippen molar-refractivity contribution < 1.29 is 34.2 Å². The summed E-state index contributed by atoms with van der Waals surface area (Å²) < 4.78 is 0. The van der Waals surface area contributed by atoms with E-state index >= 15 is 0 Å². The molecule has 0 saturated carbocycles. The van der Waals surface area contributed by atoms with E-state index in [1.54, 1.807) is 13.8 Å². The molecule has 0 aliphatic heterocycles. The molecule has 28 heavy (non-hydrogen) atoms. The van der Waals surface area contributed by atoms with Crippen molar-refractivity contribution in [2.75, 3.05) is 25.4 Å². The second-order valence-corrected chi connectivity index (χ2v) is 7.30. The first-order chi connectivity index (χ1) is 13.0. The number of thioether (sulfide) groups is 1. The monoisotopic (exact) mass is 438 g/mol. The first kappa shape index (κ1) is 26.0. The summed E-state index contributed by atoms with van der Waals surface area (Å²) in [6.45, 7) is 3.62. The Bertz CT molecular complexity index is 601. The molecule has 11 nitrogen and oxygen atoms in total. The van der Waals surface area contributed by atoms with Crippen LogP contribution in [0.5, 0.6) is 0 Å². The van der Waals surface area contributed by atoms with E-state index in [9.17, 15) is 29.1 Å². The van der Waals surface area contributed by atoms with E-state index in [0.717, 1.165) is 0 Å². The van der Waals surface area contributed by atoms with Gasteiger partial charge in [-0.2, -0.15) is 12.6 Å². The van der Waals surface area contributed by atoms with Crippen molar-refractivity contribution in [1.82, 2.24) is 15.5 Å². The highest BCUT2D eigenvalue weighted by molar-refractivity contribution is 8.15. The Balaban J connectivity index is 4.87. The second-order valence-electron chi connectivity index (χ2n) is 5.65. The number of rotatable bonds is 12. The fourth-order valence-electron chi connectivity index (χ4n) is 1.95. The van der Waals surface area contributed by atoms with Crippen LogP contribution in [-0.2, 0) is 19.2 Å². The van der Waals surface area contributed by atoms with E-state index < -0.39 is 46.4 Å². The zero-order valence-corrected chi connectivity index (χ0v) is 17.3. The van der Waals surface area contributed by atoms with Crippen LogP contribution in [0.25, 0.3) is 0 Å². The summed E-state index contributed by atoms with van der Waals surface area (Å²) in [6.07, 6.45) is -0.723. The smallest absolute Gasteiger partial charge is 0.334 e. The van der Waals surface area contributed by atoms with E-state index in [1.807, 2.05) is 0 Å². The Labute approximate surface area is 172 Å². The molecule has 160 valence electrons. The molecule has 0 aliphatic rings. The summed E-state index contributed by atoms with van der Waals surface area (Å²) in [4.78, 5) is 57.4. The van der Waals surface area contributed by atoms with Gasteiger partial charge in [-0.1, -0.05) is 0 Å². The largest absolute Gasteiger partial charge is 0.480 e. The van der Waals surface area contributed by atoms with Crippen molar-refractivity contribution in [3.63, 3.8) is 0 Å². The Kier molecular flexibility index (Phi) is 11.6. The van der Waals surface area contributed by atoms with Gasteiger partial charge in [-0.3, -0.25) is 19.2 Å². The summed E-state index contributed by atoms with van der Waals surface area (Å²) in [5, 5.41) is 21.8. The molecule has 6 N–H and O–H groups in total. The van der Waals surface area contributed by atoms with Crippen molar-refractivity contribution in [2.24, 2.45) is 5.73 Å². The van der Waals surface area contributed by atoms with E-state index in [1.165, 1.54) is 4.90 Å². The Morgan fingerprint density at radius 2 is 1.75 bits per heavy atom. The number of nitrogens with two attached hydrogens (primary N) is 1. The van der Waals surface area contributed by atoms with Gasteiger partial charge < -0.3 is 31.5 Å². The molecule has 0 aromatic rings. The third kappa shape index (κ3) is 8.80. The van der Waals surface area contributed by atoms with Crippen LogP contribution < -0.4 is 16.4 Å². The molecule has 13 heteroatoms. The molecule has 3 amide bonds. The van der Waals surface area contributed by atoms with Crippen molar-refractivity contribution in [3.05, 3.63) is 0 Å². The van der Waals surface area contributed by atoms with Gasteiger partial charge in [-0.25, -0.2) is 4.79 Å². The summed E-state index contributed by atoms with van der Waals surface area (Å²) in [6, 6.07) is -1.10. The number of carboxylic acids is 2. The normalized spacial score (nSPS) is 13.7. The zero-order valence-electron chi connectivity index (χ0n) is 15.6. The van der Waals surface area contributed by atoms with Gasteiger partial charge >= 0.3 is 11.9 Å². The molecule has 2 unspecified atom stereocenters. The summed E-state index contributed by atoms with van der Waals surface area (Å²) in [7, 11) is 0. The van der Waals surface area contributed by atoms with Gasteiger partial charge in [0.25, 0.3) is 5.24 Å². The Hall–Kier alpha value is -1.99. The summed E-state index contributed by atoms with van der Waals surface area (Å²) in [5.41, 5.74) is 5.82. The lowest BCUT2D eigenvalue weighted by molar-refractivity contribution is -0.140. The standard InChI is InChI=1S/C15H26N4O7S2/c1-3-19(4-2)14(26)28-15(16,13(24)25)6-5-10(20)18-9(8-27)12(23)17-7-11(21)22/h9,27H,3-8,16H2,1-2H3,(H,17,23)(H,18,20)(H,21,22)(H,24,25). The maximum absolute atomic E-state index is 12.1. The number of hydrogen-bond donors (Lipinski definition) is 6. The van der Waals surface area contributed by atoms with Crippen LogP contribution in [0.3, 0.4) is 0 Å². The van der Waals surface area contributed by atoms with Crippen LogP contribution in [0.2, 0.25) is 0 Å². The highest BCUT2D eigenvalue weighted by atomic mass is 32.2. The minimum atomic E-state index is -2.01. The molecule has 0 saturated heterocycles. The quantitative estimate of drug-likeness (QED) is 0.170. The van der Waals surface area contributed by atoms with Gasteiger partial charge in [0.1, 0.15) is 12.6 Å². The SMILES string of the molecule is CCN(CC)C(=O)SC(N)(CCC(=O)NC(CS)C(=O)NCC(=O)O)C(=O)O. The molecule has 0 radical (unpaired) electrons. The minimum absolute atomic E-state index is 0.0981. The zero-order chi connectivity index (χ0) is 21.9. The molecule has 0 aromatic carbocycles. The van der Waals surface area contributed by atoms with Gasteiger partial charge in [-0.05, 0) is 32.0 Å². The highest BCUT2D eigenvalue weighted by Gasteiger charge is 2.39. The second kappa shape index (κ2) is 12.5. The predicted octanol–water partition coefficient (Wildman–Crippen LogP) is -0.683. The average molecular weight is 439 g/mol. The van der Waals surface area contributed by atoms with Crippen LogP contribution in [0.4, 0.5) is 4.79 Å². The van der Waals surface area contributed by atoms with Crippen molar-refractivity contribution in [1.29, 1.82) is 0 Å². The Morgan fingerprint density at radius 1 is 1.18 bits per heavy atom. The molecular weight excluding hydrogens is 412 g/mol. The molecule has 0 aromatic heterocycles. The molecule has 0 rings (SSSR count). The molecule has 2 atom stereocenters. The number of nitrogens with one attached hydrogen (secondary N) is 2. The van der Waals surface area contributed by atoms with Gasteiger partial charge in [0, 0.05) is 25.3 Å². The number of aliphatic carboxylic acids is 2. The van der Waals surface area contributed by atoms with Gasteiger partial charge in [0.15, 0.2) is 4.87 Å². The maximum atomic E-state index is 12.1. The fraction of sp³-hybridized carbons (Fsp3) is 0.667. The van der Waals surface area contributed by atoms with Crippen LogP contribution in [0.15, 0.2) is 0 Å². The molecular formula is C15H26N4O7S2. The maximum Gasteiger partial charge on any atom is 0.334 e. The summed E-state index contributed by atoms with van der Waals surface area (Å²) >= 11 is 4.35. The van der Waals surface area contributed by atoms with E-state index in [4.69, 9.17) is 10.8 Å². The van der Waals surface area contributed by atoms with E-state index in [-0.39, 0.29) is 18.6 Å². The predicted molar refractivity (Wildman–Crippen MR) is 106 cm³/mol. The first-order valence-corrected chi connectivity index (χ1v) is 9.85. The number of amides is 3. The van der Waals surface area contributed by atoms with Crippen LogP contribution in [0, 0.1) is 0 Å².